The molecular weight excluding hydrogens is 294 g/mol. The van der Waals surface area contributed by atoms with Gasteiger partial charge in [-0.05, 0) is 25.0 Å². The topological polar surface area (TPSA) is 68.5 Å². The maximum absolute atomic E-state index is 12.1. The molecule has 0 aliphatic carbocycles. The van der Waals surface area contributed by atoms with Gasteiger partial charge >= 0.3 is 5.97 Å². The number of amides is 1. The van der Waals surface area contributed by atoms with Crippen molar-refractivity contribution in [2.24, 2.45) is 0 Å². The Hall–Kier alpha value is -2.56. The van der Waals surface area contributed by atoms with Crippen molar-refractivity contribution < 1.29 is 18.7 Å². The first kappa shape index (κ1) is 16.8. The summed E-state index contributed by atoms with van der Waals surface area (Å²) in [5.41, 5.74) is 1.50. The van der Waals surface area contributed by atoms with Crippen LogP contribution < -0.4 is 5.32 Å². The van der Waals surface area contributed by atoms with E-state index in [1.807, 2.05) is 44.2 Å². The number of ether oxygens (including phenoxy) is 1. The minimum Gasteiger partial charge on any atom is -0.457 e. The lowest BCUT2D eigenvalue weighted by Gasteiger charge is -2.12. The van der Waals surface area contributed by atoms with E-state index >= 15 is 0 Å². The fraction of sp³-hybridized carbons (Fsp3) is 0.333. The van der Waals surface area contributed by atoms with Crippen LogP contribution in [0.25, 0.3) is 11.1 Å². The van der Waals surface area contributed by atoms with Crippen molar-refractivity contribution in [2.75, 3.05) is 6.61 Å². The molecule has 1 N–H and O–H groups in total. The smallest absolute Gasteiger partial charge is 0.375 e. The van der Waals surface area contributed by atoms with Gasteiger partial charge in [0.1, 0.15) is 0 Å². The van der Waals surface area contributed by atoms with Gasteiger partial charge in [-0.1, -0.05) is 43.7 Å². The quantitative estimate of drug-likeness (QED) is 0.795. The van der Waals surface area contributed by atoms with Crippen LogP contribution in [-0.2, 0) is 9.53 Å². The van der Waals surface area contributed by atoms with E-state index in [0.717, 1.165) is 18.4 Å². The summed E-state index contributed by atoms with van der Waals surface area (Å²) in [5, 5.41) is 2.78. The lowest BCUT2D eigenvalue weighted by atomic mass is 10.1. The number of carbonyl (C=O) groups excluding carboxylic acids is 2. The van der Waals surface area contributed by atoms with E-state index in [1.165, 1.54) is 6.26 Å². The number of esters is 1. The Balaban J connectivity index is 1.95. The molecule has 0 radical (unpaired) electrons. The third kappa shape index (κ3) is 4.71. The van der Waals surface area contributed by atoms with Crippen LogP contribution in [0, 0.1) is 0 Å². The van der Waals surface area contributed by atoms with Gasteiger partial charge in [0.05, 0.1) is 6.26 Å². The highest BCUT2D eigenvalue weighted by Crippen LogP contribution is 2.25. The van der Waals surface area contributed by atoms with Gasteiger partial charge in [0.2, 0.25) is 5.76 Å². The molecule has 2 aromatic rings. The lowest BCUT2D eigenvalue weighted by molar-refractivity contribution is -0.124. The average molecular weight is 315 g/mol. The van der Waals surface area contributed by atoms with E-state index in [2.05, 4.69) is 5.32 Å². The van der Waals surface area contributed by atoms with E-state index in [9.17, 15) is 9.59 Å². The van der Waals surface area contributed by atoms with Crippen LogP contribution in [0.3, 0.4) is 0 Å². The van der Waals surface area contributed by atoms with Crippen LogP contribution in [0.1, 0.15) is 37.2 Å². The summed E-state index contributed by atoms with van der Waals surface area (Å²) >= 11 is 0. The van der Waals surface area contributed by atoms with Gasteiger partial charge in [-0.2, -0.15) is 0 Å². The van der Waals surface area contributed by atoms with E-state index in [4.69, 9.17) is 9.15 Å². The molecule has 0 aliphatic heterocycles. The summed E-state index contributed by atoms with van der Waals surface area (Å²) in [6, 6.07) is 11.2. The maximum atomic E-state index is 12.1. The second kappa shape index (κ2) is 8.17. The summed E-state index contributed by atoms with van der Waals surface area (Å²) < 4.78 is 10.3. The molecule has 23 heavy (non-hydrogen) atoms. The Kier molecular flexibility index (Phi) is 5.97. The summed E-state index contributed by atoms with van der Waals surface area (Å²) in [6.07, 6.45) is 3.30. The molecule has 0 spiro atoms. The van der Waals surface area contributed by atoms with Gasteiger partial charge in [-0.25, -0.2) is 4.79 Å². The minimum atomic E-state index is -0.646. The second-order valence-electron chi connectivity index (χ2n) is 5.36. The molecule has 5 nitrogen and oxygen atoms in total. The minimum absolute atomic E-state index is 0.0645. The number of benzene rings is 1. The Bertz CT molecular complexity index is 648. The van der Waals surface area contributed by atoms with Crippen LogP contribution in [0.15, 0.2) is 47.1 Å². The molecule has 0 saturated heterocycles. The number of hydrogen-bond donors (Lipinski definition) is 1. The molecule has 0 aliphatic rings. The molecule has 122 valence electrons. The molecule has 0 unspecified atom stereocenters. The zero-order valence-corrected chi connectivity index (χ0v) is 13.4. The van der Waals surface area contributed by atoms with Crippen LogP contribution in [0.5, 0.6) is 0 Å². The molecular formula is C18H21NO4. The van der Waals surface area contributed by atoms with Gasteiger partial charge in [0, 0.05) is 11.6 Å². The Morgan fingerprint density at radius 1 is 1.22 bits per heavy atom. The standard InChI is InChI=1S/C18H21NO4/c1-3-7-13(2)19-16(20)12-23-18(21)17-15(10-11-22-17)14-8-5-4-6-9-14/h4-6,8-11,13H,3,7,12H2,1-2H3,(H,19,20)/t13-/m0/s1. The fourth-order valence-electron chi connectivity index (χ4n) is 2.33. The molecule has 1 amide bonds. The highest BCUT2D eigenvalue weighted by molar-refractivity contribution is 5.95. The Morgan fingerprint density at radius 3 is 2.65 bits per heavy atom. The van der Waals surface area contributed by atoms with Gasteiger partial charge < -0.3 is 14.5 Å². The molecule has 1 aromatic carbocycles. The number of rotatable bonds is 7. The third-order valence-corrected chi connectivity index (χ3v) is 3.40. The van der Waals surface area contributed by atoms with Crippen LogP contribution >= 0.6 is 0 Å². The van der Waals surface area contributed by atoms with Crippen molar-refractivity contribution in [2.45, 2.75) is 32.7 Å². The van der Waals surface area contributed by atoms with E-state index in [0.29, 0.717) is 5.56 Å². The van der Waals surface area contributed by atoms with Crippen molar-refractivity contribution in [3.63, 3.8) is 0 Å². The molecule has 2 rings (SSSR count). The second-order valence-corrected chi connectivity index (χ2v) is 5.36. The number of nitrogens with one attached hydrogen (secondary N) is 1. The molecule has 1 atom stereocenters. The maximum Gasteiger partial charge on any atom is 0.375 e. The molecule has 5 heteroatoms. The summed E-state index contributed by atoms with van der Waals surface area (Å²) in [7, 11) is 0. The van der Waals surface area contributed by atoms with E-state index in [-0.39, 0.29) is 24.3 Å². The zero-order valence-electron chi connectivity index (χ0n) is 13.4. The zero-order chi connectivity index (χ0) is 16.7. The van der Waals surface area contributed by atoms with Crippen molar-refractivity contribution in [3.05, 3.63) is 48.4 Å². The first-order valence-electron chi connectivity index (χ1n) is 7.71. The van der Waals surface area contributed by atoms with E-state index < -0.39 is 5.97 Å². The summed E-state index contributed by atoms with van der Waals surface area (Å²) in [6.45, 7) is 3.65. The SMILES string of the molecule is CCC[C@H](C)NC(=O)COC(=O)c1occc1-c1ccccc1. The predicted molar refractivity (Wildman–Crippen MR) is 86.9 cm³/mol. The highest BCUT2D eigenvalue weighted by atomic mass is 16.5. The van der Waals surface area contributed by atoms with Crippen LogP contribution in [-0.4, -0.2) is 24.5 Å². The monoisotopic (exact) mass is 315 g/mol. The molecule has 0 fully saturated rings. The first-order chi connectivity index (χ1) is 11.1. The van der Waals surface area contributed by atoms with Crippen molar-refractivity contribution in [1.82, 2.24) is 5.32 Å². The summed E-state index contributed by atoms with van der Waals surface area (Å²) in [4.78, 5) is 23.9. The molecule has 0 bridgehead atoms. The molecule has 0 saturated carbocycles. The van der Waals surface area contributed by atoms with Crippen molar-refractivity contribution in [3.8, 4) is 11.1 Å². The lowest BCUT2D eigenvalue weighted by Crippen LogP contribution is -2.35. The normalized spacial score (nSPS) is 11.7. The first-order valence-corrected chi connectivity index (χ1v) is 7.71. The van der Waals surface area contributed by atoms with Crippen LogP contribution in [0.4, 0.5) is 0 Å². The largest absolute Gasteiger partial charge is 0.457 e. The Labute approximate surface area is 135 Å². The Morgan fingerprint density at radius 2 is 1.96 bits per heavy atom. The fourth-order valence-corrected chi connectivity index (χ4v) is 2.33. The molecule has 1 heterocycles. The van der Waals surface area contributed by atoms with Crippen LogP contribution in [0.2, 0.25) is 0 Å². The van der Waals surface area contributed by atoms with Gasteiger partial charge in [-0.3, -0.25) is 4.79 Å². The van der Waals surface area contributed by atoms with E-state index in [1.54, 1.807) is 6.07 Å². The van der Waals surface area contributed by atoms with Crippen molar-refractivity contribution >= 4 is 11.9 Å². The van der Waals surface area contributed by atoms with Gasteiger partial charge in [0.25, 0.3) is 5.91 Å². The van der Waals surface area contributed by atoms with Crippen molar-refractivity contribution in [1.29, 1.82) is 0 Å². The highest BCUT2D eigenvalue weighted by Gasteiger charge is 2.19. The number of carbonyl (C=O) groups is 2. The average Bonchev–Trinajstić information content (AvgIpc) is 3.03. The van der Waals surface area contributed by atoms with Gasteiger partial charge in [0.15, 0.2) is 6.61 Å². The van der Waals surface area contributed by atoms with Gasteiger partial charge in [-0.15, -0.1) is 0 Å². The summed E-state index contributed by atoms with van der Waals surface area (Å²) in [5.74, 6) is -0.857. The molecule has 1 aromatic heterocycles. The predicted octanol–water partition coefficient (Wildman–Crippen LogP) is 3.41. The number of hydrogen-bond acceptors (Lipinski definition) is 4. The third-order valence-electron chi connectivity index (χ3n) is 3.40. The number of furan rings is 1.